The largest absolute Gasteiger partial charge is 0.490 e. The first kappa shape index (κ1) is 25.7. The molecule has 10 nitrogen and oxygen atoms in total. The number of carbonyl (C=O) groups is 3. The number of halogens is 3. The molecule has 0 spiro atoms. The van der Waals surface area contributed by atoms with E-state index in [-0.39, 0.29) is 11.9 Å². The number of carboxylic acids is 1. The predicted octanol–water partition coefficient (Wildman–Crippen LogP) is 1.28. The van der Waals surface area contributed by atoms with Gasteiger partial charge in [0.15, 0.2) is 0 Å². The number of carbonyl (C=O) groups excluding carboxylic acids is 2. The number of hydrogen-bond acceptors (Lipinski definition) is 7. The van der Waals surface area contributed by atoms with E-state index in [1.54, 1.807) is 11.1 Å². The zero-order valence-corrected chi connectivity index (χ0v) is 18.7. The lowest BCUT2D eigenvalue weighted by Crippen LogP contribution is -2.49. The van der Waals surface area contributed by atoms with Gasteiger partial charge in [0, 0.05) is 58.8 Å². The van der Waals surface area contributed by atoms with Crippen LogP contribution in [0.3, 0.4) is 0 Å². The summed E-state index contributed by atoms with van der Waals surface area (Å²) in [7, 11) is 0. The number of anilines is 2. The number of nitrogens with one attached hydrogen (secondary N) is 2. The van der Waals surface area contributed by atoms with Gasteiger partial charge in [-0.3, -0.25) is 15.0 Å². The lowest BCUT2D eigenvalue weighted by Gasteiger charge is -2.36. The minimum absolute atomic E-state index is 0.218. The highest BCUT2D eigenvalue weighted by molar-refractivity contribution is 6.05. The molecule has 3 aliphatic heterocycles. The first-order valence-corrected chi connectivity index (χ1v) is 11.2. The summed E-state index contributed by atoms with van der Waals surface area (Å²) in [5.41, 5.74) is 0.734. The molecule has 3 N–H and O–H groups in total. The quantitative estimate of drug-likeness (QED) is 0.583. The summed E-state index contributed by atoms with van der Waals surface area (Å²) in [6.45, 7) is 8.23. The molecular formula is C21H29F3N6O4. The Hall–Kier alpha value is -2.93. The summed E-state index contributed by atoms with van der Waals surface area (Å²) < 4.78 is 31.7. The van der Waals surface area contributed by atoms with Crippen molar-refractivity contribution in [1.29, 1.82) is 0 Å². The van der Waals surface area contributed by atoms with Gasteiger partial charge < -0.3 is 20.2 Å². The number of carboxylic acid groups (broad SMARTS) is 1. The third-order valence-corrected chi connectivity index (χ3v) is 6.00. The van der Waals surface area contributed by atoms with E-state index < -0.39 is 12.1 Å². The van der Waals surface area contributed by atoms with Crippen molar-refractivity contribution in [1.82, 2.24) is 20.5 Å². The van der Waals surface area contributed by atoms with E-state index in [0.717, 1.165) is 43.6 Å². The van der Waals surface area contributed by atoms with Crippen LogP contribution in [0.25, 0.3) is 0 Å². The highest BCUT2D eigenvalue weighted by Gasteiger charge is 2.38. The second-order valence-electron chi connectivity index (χ2n) is 8.41. The molecule has 3 fully saturated rings. The van der Waals surface area contributed by atoms with E-state index in [1.807, 2.05) is 12.1 Å². The summed E-state index contributed by atoms with van der Waals surface area (Å²) in [5.74, 6) is -1.24. The lowest BCUT2D eigenvalue weighted by molar-refractivity contribution is -0.192. The Kier molecular flexibility index (Phi) is 8.67. The highest BCUT2D eigenvalue weighted by atomic mass is 19.4. The van der Waals surface area contributed by atoms with Crippen LogP contribution in [0.1, 0.15) is 19.3 Å². The van der Waals surface area contributed by atoms with Crippen LogP contribution in [-0.4, -0.2) is 91.4 Å². The molecule has 3 amide bonds. The van der Waals surface area contributed by atoms with Crippen LogP contribution in [0, 0.1) is 5.92 Å². The average Bonchev–Trinajstić information content (AvgIpc) is 2.80. The van der Waals surface area contributed by atoms with Gasteiger partial charge in [0.05, 0.1) is 11.9 Å². The molecule has 1 aromatic rings. The van der Waals surface area contributed by atoms with Gasteiger partial charge in [-0.1, -0.05) is 0 Å². The first-order valence-electron chi connectivity index (χ1n) is 11.2. The number of hydrogen-bond donors (Lipinski definition) is 3. The van der Waals surface area contributed by atoms with E-state index in [4.69, 9.17) is 9.90 Å². The van der Waals surface area contributed by atoms with Crippen molar-refractivity contribution in [3.63, 3.8) is 0 Å². The molecule has 0 saturated carbocycles. The first-order chi connectivity index (χ1) is 16.1. The third kappa shape index (κ3) is 7.29. The zero-order chi connectivity index (χ0) is 24.7. The van der Waals surface area contributed by atoms with Crippen LogP contribution in [0.4, 0.5) is 29.5 Å². The number of urea groups is 1. The molecule has 3 aliphatic rings. The third-order valence-electron chi connectivity index (χ3n) is 6.00. The number of nitrogens with zero attached hydrogens (tertiary/aromatic N) is 4. The maximum atomic E-state index is 11.9. The molecule has 3 saturated heterocycles. The van der Waals surface area contributed by atoms with Crippen LogP contribution in [0.5, 0.6) is 0 Å². The van der Waals surface area contributed by atoms with Crippen LogP contribution in [0.2, 0.25) is 0 Å². The van der Waals surface area contributed by atoms with Crippen molar-refractivity contribution in [3.05, 3.63) is 18.3 Å². The van der Waals surface area contributed by atoms with E-state index in [1.165, 1.54) is 32.5 Å². The number of rotatable bonds is 4. The molecular weight excluding hydrogens is 457 g/mol. The standard InChI is InChI=1S/C19H28N6O2.C2HF3O2/c26-18-5-10-25(19(27)22-18)16-1-2-17(21-13-16)24-8-3-15(4-9-24)14-23-11-6-20-7-12-23;3-2(4,5)1(6)7/h1-2,13,15,20H,3-12,14H2,(H,22,26,27);(H,6,7). The Morgan fingerprint density at radius 2 is 1.74 bits per heavy atom. The molecule has 4 heterocycles. The van der Waals surface area contributed by atoms with Crippen molar-refractivity contribution < 1.29 is 32.7 Å². The second-order valence-corrected chi connectivity index (χ2v) is 8.41. The number of aliphatic carboxylic acids is 1. The van der Waals surface area contributed by atoms with Gasteiger partial charge in [0.2, 0.25) is 5.91 Å². The molecule has 0 radical (unpaired) electrons. The molecule has 0 bridgehead atoms. The molecule has 0 atom stereocenters. The Morgan fingerprint density at radius 3 is 2.26 bits per heavy atom. The fraction of sp³-hybridized carbons (Fsp3) is 0.619. The van der Waals surface area contributed by atoms with Gasteiger partial charge in [0.25, 0.3) is 0 Å². The number of pyridine rings is 1. The highest BCUT2D eigenvalue weighted by Crippen LogP contribution is 2.25. The molecule has 0 aliphatic carbocycles. The summed E-state index contributed by atoms with van der Waals surface area (Å²) in [6, 6.07) is 3.54. The predicted molar refractivity (Wildman–Crippen MR) is 118 cm³/mol. The van der Waals surface area contributed by atoms with Gasteiger partial charge >= 0.3 is 18.2 Å². The second kappa shape index (κ2) is 11.5. The molecule has 0 unspecified atom stereocenters. The monoisotopic (exact) mass is 486 g/mol. The molecule has 188 valence electrons. The summed E-state index contributed by atoms with van der Waals surface area (Å²) >= 11 is 0. The number of alkyl halides is 3. The topological polar surface area (TPSA) is 118 Å². The van der Waals surface area contributed by atoms with Gasteiger partial charge in [-0.2, -0.15) is 13.2 Å². The summed E-state index contributed by atoms with van der Waals surface area (Å²) in [5, 5.41) is 12.9. The fourth-order valence-electron chi connectivity index (χ4n) is 4.14. The van der Waals surface area contributed by atoms with Crippen molar-refractivity contribution in [2.24, 2.45) is 5.92 Å². The number of piperidine rings is 1. The van der Waals surface area contributed by atoms with Crippen LogP contribution in [0.15, 0.2) is 18.3 Å². The maximum Gasteiger partial charge on any atom is 0.490 e. The smallest absolute Gasteiger partial charge is 0.475 e. The van der Waals surface area contributed by atoms with Crippen molar-refractivity contribution in [2.45, 2.75) is 25.4 Å². The number of piperazine rings is 1. The van der Waals surface area contributed by atoms with Crippen LogP contribution >= 0.6 is 0 Å². The lowest BCUT2D eigenvalue weighted by atomic mass is 9.96. The molecule has 1 aromatic heterocycles. The normalized spacial score (nSPS) is 20.4. The SMILES string of the molecule is O=C(O)C(F)(F)F.O=C1CCN(c2ccc(N3CCC(CN4CCNCC4)CC3)nc2)C(=O)N1. The molecule has 34 heavy (non-hydrogen) atoms. The van der Waals surface area contributed by atoms with Crippen molar-refractivity contribution >= 4 is 29.4 Å². The van der Waals surface area contributed by atoms with Gasteiger partial charge in [-0.15, -0.1) is 0 Å². The van der Waals surface area contributed by atoms with E-state index in [2.05, 4.69) is 25.4 Å². The van der Waals surface area contributed by atoms with Crippen molar-refractivity contribution in [2.75, 3.05) is 62.2 Å². The Morgan fingerprint density at radius 1 is 1.09 bits per heavy atom. The van der Waals surface area contributed by atoms with E-state index in [0.29, 0.717) is 13.0 Å². The Bertz CT molecular complexity index is 853. The van der Waals surface area contributed by atoms with E-state index >= 15 is 0 Å². The Balaban J connectivity index is 0.000000406. The minimum Gasteiger partial charge on any atom is -0.475 e. The number of imide groups is 1. The Labute approximate surface area is 195 Å². The number of aromatic nitrogens is 1. The van der Waals surface area contributed by atoms with E-state index in [9.17, 15) is 22.8 Å². The van der Waals surface area contributed by atoms with Gasteiger partial charge in [-0.05, 0) is 30.9 Å². The summed E-state index contributed by atoms with van der Waals surface area (Å²) in [4.78, 5) is 43.2. The summed E-state index contributed by atoms with van der Waals surface area (Å²) in [6.07, 6.45) is -0.625. The van der Waals surface area contributed by atoms with Gasteiger partial charge in [-0.25, -0.2) is 14.6 Å². The van der Waals surface area contributed by atoms with Crippen molar-refractivity contribution in [3.8, 4) is 0 Å². The van der Waals surface area contributed by atoms with Gasteiger partial charge in [0.1, 0.15) is 5.82 Å². The average molecular weight is 486 g/mol. The minimum atomic E-state index is -5.08. The zero-order valence-electron chi connectivity index (χ0n) is 18.7. The molecule has 13 heteroatoms. The van der Waals surface area contributed by atoms with Crippen LogP contribution < -0.4 is 20.4 Å². The maximum absolute atomic E-state index is 11.9. The molecule has 0 aromatic carbocycles. The number of amides is 3. The molecule has 4 rings (SSSR count). The fourth-order valence-corrected chi connectivity index (χ4v) is 4.14. The van der Waals surface area contributed by atoms with Crippen LogP contribution in [-0.2, 0) is 9.59 Å².